The van der Waals surface area contributed by atoms with E-state index in [4.69, 9.17) is 0 Å². The third-order valence-electron chi connectivity index (χ3n) is 3.30. The molecule has 13 heteroatoms. The molecule has 1 N–H and O–H groups in total. The highest BCUT2D eigenvalue weighted by molar-refractivity contribution is 7.89. The zero-order valence-corrected chi connectivity index (χ0v) is 14.8. The first-order valence-electron chi connectivity index (χ1n) is 7.13. The van der Waals surface area contributed by atoms with Crippen molar-refractivity contribution in [2.24, 2.45) is 0 Å². The lowest BCUT2D eigenvalue weighted by Crippen LogP contribution is -2.27. The van der Waals surface area contributed by atoms with Crippen LogP contribution in [0.25, 0.3) is 10.6 Å². The van der Waals surface area contributed by atoms with Crippen molar-refractivity contribution >= 4 is 21.4 Å². The summed E-state index contributed by atoms with van der Waals surface area (Å²) in [4.78, 5) is 4.41. The van der Waals surface area contributed by atoms with Crippen molar-refractivity contribution in [1.82, 2.24) is 24.6 Å². The molecule has 0 aliphatic heterocycles. The van der Waals surface area contributed by atoms with Crippen LogP contribution in [0.4, 0.5) is 13.2 Å². The Hall–Kier alpha value is -2.25. The quantitative estimate of drug-likeness (QED) is 0.673. The third kappa shape index (κ3) is 3.94. The van der Waals surface area contributed by atoms with Crippen LogP contribution in [-0.2, 0) is 22.7 Å². The maximum Gasteiger partial charge on any atom is 0.452 e. The standard InChI is InChI=1S/C13H12F3N5O3S2/c1-8-11(26(22,23)19-2-3-21-7-17-6-18-21)5-10(25-8)9-4-12(24-20-9)13(14,15)16/h4-7,19H,2-3H2,1H3. The molecule has 0 bridgehead atoms. The summed E-state index contributed by atoms with van der Waals surface area (Å²) in [7, 11) is -3.83. The molecule has 3 aromatic heterocycles. The van der Waals surface area contributed by atoms with Gasteiger partial charge in [0.05, 0.1) is 16.3 Å². The van der Waals surface area contributed by atoms with Crippen LogP contribution in [0.2, 0.25) is 0 Å². The fraction of sp³-hybridized carbons (Fsp3) is 0.308. The summed E-state index contributed by atoms with van der Waals surface area (Å²) in [5.41, 5.74) is -0.0745. The van der Waals surface area contributed by atoms with Gasteiger partial charge in [-0.3, -0.25) is 4.68 Å². The first kappa shape index (κ1) is 18.5. The largest absolute Gasteiger partial charge is 0.452 e. The first-order valence-corrected chi connectivity index (χ1v) is 9.43. The highest BCUT2D eigenvalue weighted by Gasteiger charge is 2.36. The molecule has 0 radical (unpaired) electrons. The summed E-state index contributed by atoms with van der Waals surface area (Å²) < 4.78 is 70.8. The average Bonchev–Trinajstić information content (AvgIpc) is 3.25. The summed E-state index contributed by atoms with van der Waals surface area (Å²) in [6.45, 7) is 1.93. The number of alkyl halides is 3. The second-order valence-electron chi connectivity index (χ2n) is 5.16. The molecule has 0 aromatic carbocycles. The van der Waals surface area contributed by atoms with E-state index in [0.29, 0.717) is 4.88 Å². The minimum absolute atomic E-state index is 0.0207. The molecule has 0 atom stereocenters. The van der Waals surface area contributed by atoms with Crippen LogP contribution in [0.15, 0.2) is 34.2 Å². The topological polar surface area (TPSA) is 103 Å². The predicted octanol–water partition coefficient (Wildman–Crippen LogP) is 2.30. The molecule has 0 aliphatic rings. The van der Waals surface area contributed by atoms with Crippen LogP contribution in [0, 0.1) is 6.92 Å². The van der Waals surface area contributed by atoms with Crippen molar-refractivity contribution in [1.29, 1.82) is 0 Å². The van der Waals surface area contributed by atoms with Crippen LogP contribution >= 0.6 is 11.3 Å². The number of hydrogen-bond donors (Lipinski definition) is 1. The summed E-state index contributed by atoms with van der Waals surface area (Å²) in [6, 6.07) is 2.01. The molecule has 3 rings (SSSR count). The van der Waals surface area contributed by atoms with E-state index in [1.807, 2.05) is 0 Å². The molecule has 3 aromatic rings. The minimum atomic E-state index is -4.66. The molecule has 0 spiro atoms. The van der Waals surface area contributed by atoms with Gasteiger partial charge >= 0.3 is 6.18 Å². The van der Waals surface area contributed by atoms with Gasteiger partial charge in [0, 0.05) is 17.5 Å². The Bertz CT molecular complexity index is 993. The van der Waals surface area contributed by atoms with E-state index in [1.54, 1.807) is 6.92 Å². The lowest BCUT2D eigenvalue weighted by atomic mass is 10.3. The maximum atomic E-state index is 12.6. The normalized spacial score (nSPS) is 12.6. The number of hydrogen-bond acceptors (Lipinski definition) is 7. The Morgan fingerprint density at radius 3 is 2.73 bits per heavy atom. The van der Waals surface area contributed by atoms with Gasteiger partial charge in [-0.15, -0.1) is 11.3 Å². The zero-order chi connectivity index (χ0) is 18.9. The SMILES string of the molecule is Cc1sc(-c2cc(C(F)(F)F)on2)cc1S(=O)(=O)NCCn1cncn1. The van der Waals surface area contributed by atoms with Gasteiger partial charge in [-0.25, -0.2) is 18.1 Å². The highest BCUT2D eigenvalue weighted by atomic mass is 32.2. The van der Waals surface area contributed by atoms with E-state index in [1.165, 1.54) is 23.4 Å². The fourth-order valence-corrected chi connectivity index (χ4v) is 4.67. The molecule has 0 unspecified atom stereocenters. The second kappa shape index (κ2) is 6.81. The number of rotatable bonds is 6. The molecular weight excluding hydrogens is 395 g/mol. The van der Waals surface area contributed by atoms with Crippen molar-refractivity contribution in [2.45, 2.75) is 24.5 Å². The van der Waals surface area contributed by atoms with E-state index in [2.05, 4.69) is 24.5 Å². The molecule has 8 nitrogen and oxygen atoms in total. The fourth-order valence-electron chi connectivity index (χ4n) is 2.10. The van der Waals surface area contributed by atoms with Gasteiger partial charge in [-0.05, 0) is 13.0 Å². The van der Waals surface area contributed by atoms with E-state index in [-0.39, 0.29) is 28.6 Å². The average molecular weight is 407 g/mol. The van der Waals surface area contributed by atoms with Crippen LogP contribution < -0.4 is 4.72 Å². The van der Waals surface area contributed by atoms with Gasteiger partial charge in [0.25, 0.3) is 0 Å². The van der Waals surface area contributed by atoms with E-state index >= 15 is 0 Å². The van der Waals surface area contributed by atoms with Crippen LogP contribution in [0.5, 0.6) is 0 Å². The van der Waals surface area contributed by atoms with Gasteiger partial charge in [0.2, 0.25) is 15.8 Å². The summed E-state index contributed by atoms with van der Waals surface area (Å²) >= 11 is 1.01. The molecule has 0 amide bonds. The summed E-state index contributed by atoms with van der Waals surface area (Å²) in [6.07, 6.45) is -1.88. The molecule has 3 heterocycles. The number of aryl methyl sites for hydroxylation is 1. The van der Waals surface area contributed by atoms with Crippen molar-refractivity contribution in [2.75, 3.05) is 6.54 Å². The zero-order valence-electron chi connectivity index (χ0n) is 13.2. The Morgan fingerprint density at radius 1 is 1.35 bits per heavy atom. The van der Waals surface area contributed by atoms with Gasteiger partial charge in [-0.1, -0.05) is 5.16 Å². The maximum absolute atomic E-state index is 12.6. The highest BCUT2D eigenvalue weighted by Crippen LogP contribution is 2.36. The molecule has 140 valence electrons. The van der Waals surface area contributed by atoms with Crippen molar-refractivity contribution in [3.63, 3.8) is 0 Å². The first-order chi connectivity index (χ1) is 12.2. The molecule has 0 fully saturated rings. The lowest BCUT2D eigenvalue weighted by molar-refractivity contribution is -0.155. The molecule has 0 saturated heterocycles. The Kier molecular flexibility index (Phi) is 4.86. The summed E-state index contributed by atoms with van der Waals surface area (Å²) in [5, 5.41) is 7.22. The number of nitrogens with zero attached hydrogens (tertiary/aromatic N) is 4. The molecular formula is C13H12F3N5O3S2. The lowest BCUT2D eigenvalue weighted by Gasteiger charge is -2.05. The number of aromatic nitrogens is 4. The van der Waals surface area contributed by atoms with E-state index in [0.717, 1.165) is 17.4 Å². The van der Waals surface area contributed by atoms with Gasteiger partial charge in [-0.2, -0.15) is 18.3 Å². The van der Waals surface area contributed by atoms with Gasteiger partial charge in [0.1, 0.15) is 18.3 Å². The smallest absolute Gasteiger partial charge is 0.351 e. The molecule has 0 saturated carbocycles. The predicted molar refractivity (Wildman–Crippen MR) is 84.8 cm³/mol. The van der Waals surface area contributed by atoms with Crippen molar-refractivity contribution in [3.05, 3.63) is 35.4 Å². The number of nitrogens with one attached hydrogen (secondary N) is 1. The minimum Gasteiger partial charge on any atom is -0.351 e. The van der Waals surface area contributed by atoms with Crippen LogP contribution in [0.3, 0.4) is 0 Å². The Balaban J connectivity index is 1.77. The number of halogens is 3. The van der Waals surface area contributed by atoms with E-state index in [9.17, 15) is 21.6 Å². The van der Waals surface area contributed by atoms with Crippen molar-refractivity contribution < 1.29 is 26.1 Å². The van der Waals surface area contributed by atoms with Crippen LogP contribution in [-0.4, -0.2) is 34.9 Å². The van der Waals surface area contributed by atoms with Gasteiger partial charge in [0.15, 0.2) is 0 Å². The van der Waals surface area contributed by atoms with E-state index < -0.39 is 22.0 Å². The summed E-state index contributed by atoms with van der Waals surface area (Å²) in [5.74, 6) is -1.24. The van der Waals surface area contributed by atoms with Gasteiger partial charge < -0.3 is 4.52 Å². The van der Waals surface area contributed by atoms with Crippen LogP contribution in [0.1, 0.15) is 10.6 Å². The number of thiophene rings is 1. The van der Waals surface area contributed by atoms with Crippen molar-refractivity contribution in [3.8, 4) is 10.6 Å². The Morgan fingerprint density at radius 2 is 2.12 bits per heavy atom. The third-order valence-corrected chi connectivity index (χ3v) is 6.09. The molecule has 26 heavy (non-hydrogen) atoms. The monoisotopic (exact) mass is 407 g/mol. The Labute approximate surface area is 149 Å². The number of sulfonamides is 1. The second-order valence-corrected chi connectivity index (χ2v) is 8.15. The molecule has 0 aliphatic carbocycles.